The Labute approximate surface area is 281 Å². The number of rotatable bonds is 11. The van der Waals surface area contributed by atoms with Crippen molar-refractivity contribution in [2.75, 3.05) is 32.3 Å². The summed E-state index contributed by atoms with van der Waals surface area (Å²) in [5.41, 5.74) is -0.631. The van der Waals surface area contributed by atoms with Crippen LogP contribution in [0.25, 0.3) is 5.69 Å². The molecule has 0 amide bonds. The third kappa shape index (κ3) is 9.07. The molecular formula is C27H27Cl2F2N7O9S. The van der Waals surface area contributed by atoms with E-state index < -0.39 is 28.2 Å². The van der Waals surface area contributed by atoms with Gasteiger partial charge < -0.3 is 24.2 Å². The Morgan fingerprint density at radius 1 is 1.06 bits per heavy atom. The van der Waals surface area contributed by atoms with Crippen molar-refractivity contribution in [1.82, 2.24) is 24.3 Å². The number of nitrogens with zero attached hydrogens (tertiary/aromatic N) is 6. The quantitative estimate of drug-likeness (QED) is 0.158. The van der Waals surface area contributed by atoms with Crippen LogP contribution in [0, 0.1) is 6.92 Å². The topological polar surface area (TPSA) is 198 Å². The Morgan fingerprint density at radius 2 is 1.69 bits per heavy atom. The zero-order valence-electron chi connectivity index (χ0n) is 25.9. The molecule has 0 atom stereocenters. The third-order valence-electron chi connectivity index (χ3n) is 5.87. The molecule has 0 aliphatic heterocycles. The van der Waals surface area contributed by atoms with Crippen LogP contribution < -0.4 is 24.6 Å². The smallest absolute Gasteiger partial charge is 0.355 e. The lowest BCUT2D eigenvalue weighted by molar-refractivity contribution is 0.0639. The van der Waals surface area contributed by atoms with E-state index in [0.717, 1.165) is 12.3 Å². The van der Waals surface area contributed by atoms with Gasteiger partial charge in [0.1, 0.15) is 24.2 Å². The van der Waals surface area contributed by atoms with Crippen LogP contribution in [-0.4, -0.2) is 77.1 Å². The average molecular weight is 735 g/mol. The number of alkyl halides is 2. The van der Waals surface area contributed by atoms with E-state index in [9.17, 15) is 31.9 Å². The van der Waals surface area contributed by atoms with Crippen LogP contribution in [0.5, 0.6) is 23.5 Å². The van der Waals surface area contributed by atoms with Gasteiger partial charge >= 0.3 is 24.2 Å². The second-order valence-corrected chi connectivity index (χ2v) is 11.8. The van der Waals surface area contributed by atoms with Crippen LogP contribution in [0.1, 0.15) is 35.2 Å². The largest absolute Gasteiger partial charge is 0.481 e. The monoisotopic (exact) mass is 733 g/mol. The Hall–Kier alpha value is -5.01. The number of methoxy groups -OCH3 is 2. The summed E-state index contributed by atoms with van der Waals surface area (Å²) < 4.78 is 66.9. The number of aromatic nitrogens is 5. The molecule has 16 nitrogen and oxygen atoms in total. The van der Waals surface area contributed by atoms with Crippen molar-refractivity contribution in [1.29, 1.82) is 0 Å². The van der Waals surface area contributed by atoms with E-state index in [1.54, 1.807) is 19.1 Å². The van der Waals surface area contributed by atoms with Gasteiger partial charge in [-0.3, -0.25) is 4.72 Å². The molecule has 258 valence electrons. The number of hydrogen-bond donors (Lipinski definition) is 2. The molecule has 0 saturated carbocycles. The Morgan fingerprint density at radius 3 is 2.19 bits per heavy atom. The van der Waals surface area contributed by atoms with Crippen molar-refractivity contribution in [2.24, 2.45) is 5.16 Å². The fraction of sp³-hybridized carbons (Fsp3) is 0.259. The normalized spacial score (nSPS) is 11.4. The summed E-state index contributed by atoms with van der Waals surface area (Å²) in [6, 6.07) is 8.38. The SMILES string of the molecule is CON=C(C)c1cccc(Oc2nc(OC)cc(OC)n2)c1C(=O)O.Cc1nn(-c2cc(NS(C)(=O)=O)c(Cl)cc2Cl)c(=O)n1C(F)F. The number of carboxylic acids is 1. The van der Waals surface area contributed by atoms with Gasteiger partial charge in [-0.2, -0.15) is 23.4 Å². The molecule has 48 heavy (non-hydrogen) atoms. The van der Waals surface area contributed by atoms with Crippen LogP contribution in [-0.2, 0) is 14.9 Å². The summed E-state index contributed by atoms with van der Waals surface area (Å²) in [7, 11) is 0.587. The first kappa shape index (κ1) is 37.4. The number of carbonyl (C=O) groups is 1. The fourth-order valence-electron chi connectivity index (χ4n) is 3.90. The highest BCUT2D eigenvalue weighted by atomic mass is 35.5. The van der Waals surface area contributed by atoms with Gasteiger partial charge in [0.25, 0.3) is 0 Å². The zero-order valence-corrected chi connectivity index (χ0v) is 28.2. The number of aryl methyl sites for hydroxylation is 1. The van der Waals surface area contributed by atoms with E-state index in [1.807, 2.05) is 0 Å². The molecule has 0 fully saturated rings. The number of anilines is 1. The minimum absolute atomic E-state index is 0.0257. The number of aromatic carboxylic acids is 1. The van der Waals surface area contributed by atoms with Crippen LogP contribution in [0.4, 0.5) is 14.5 Å². The van der Waals surface area contributed by atoms with Crippen LogP contribution in [0.3, 0.4) is 0 Å². The van der Waals surface area contributed by atoms with E-state index in [4.69, 9.17) is 42.3 Å². The molecule has 2 heterocycles. The van der Waals surface area contributed by atoms with Gasteiger partial charge in [0.15, 0.2) is 0 Å². The number of hydrogen-bond acceptors (Lipinski definition) is 12. The van der Waals surface area contributed by atoms with E-state index in [1.165, 1.54) is 46.5 Å². The van der Waals surface area contributed by atoms with Crippen molar-refractivity contribution in [3.05, 3.63) is 73.9 Å². The standard InChI is InChI=1S/C16H17N3O6.C11H10Cl2F2N4O3S/c1-9(19-24-4)10-6-5-7-11(14(10)15(20)21)25-16-17-12(22-2)8-13(18-16)23-3;1-5-16-19(11(20)18(5)10(14)15)9-4-8(17-23(2,21)22)6(12)3-7(9)13/h5-8H,1-4H3,(H,20,21);3-4,10,17H,1-2H3. The number of ether oxygens (including phenoxy) is 3. The average Bonchev–Trinajstić information content (AvgIpc) is 3.31. The van der Waals surface area contributed by atoms with Crippen molar-refractivity contribution in [3.8, 4) is 29.2 Å². The van der Waals surface area contributed by atoms with Crippen LogP contribution >= 0.6 is 23.2 Å². The fourth-order valence-corrected chi connectivity index (χ4v) is 5.03. The molecule has 0 unspecified atom stereocenters. The first-order chi connectivity index (χ1) is 22.5. The van der Waals surface area contributed by atoms with Crippen molar-refractivity contribution in [3.63, 3.8) is 0 Å². The Bertz CT molecular complexity index is 2000. The highest BCUT2D eigenvalue weighted by Gasteiger charge is 2.22. The van der Waals surface area contributed by atoms with E-state index in [2.05, 4.69) is 24.9 Å². The summed E-state index contributed by atoms with van der Waals surface area (Å²) in [5.74, 6) is -0.940. The molecule has 0 aliphatic rings. The lowest BCUT2D eigenvalue weighted by Crippen LogP contribution is -2.25. The second kappa shape index (κ2) is 15.7. The van der Waals surface area contributed by atoms with Gasteiger partial charge in [-0.05, 0) is 32.0 Å². The first-order valence-electron chi connectivity index (χ1n) is 13.0. The lowest BCUT2D eigenvalue weighted by atomic mass is 10.0. The summed E-state index contributed by atoms with van der Waals surface area (Å²) >= 11 is 11.8. The first-order valence-corrected chi connectivity index (χ1v) is 15.7. The van der Waals surface area contributed by atoms with Gasteiger partial charge in [0, 0.05) is 5.56 Å². The zero-order chi connectivity index (χ0) is 35.9. The molecule has 2 N–H and O–H groups in total. The number of halogens is 4. The van der Waals surface area contributed by atoms with E-state index >= 15 is 0 Å². The highest BCUT2D eigenvalue weighted by molar-refractivity contribution is 7.92. The molecule has 0 radical (unpaired) electrons. The molecule has 0 bridgehead atoms. The maximum Gasteiger partial charge on any atom is 0.355 e. The predicted molar refractivity (Wildman–Crippen MR) is 170 cm³/mol. The summed E-state index contributed by atoms with van der Waals surface area (Å²) in [4.78, 5) is 36.5. The molecule has 0 saturated heterocycles. The van der Waals surface area contributed by atoms with Crippen LogP contribution in [0.15, 0.2) is 46.3 Å². The Balaban J connectivity index is 0.000000261. The van der Waals surface area contributed by atoms with Crippen molar-refractivity contribution in [2.45, 2.75) is 20.4 Å². The highest BCUT2D eigenvalue weighted by Crippen LogP contribution is 2.32. The maximum atomic E-state index is 12.8. The second-order valence-electron chi connectivity index (χ2n) is 9.23. The molecule has 21 heteroatoms. The van der Waals surface area contributed by atoms with Crippen molar-refractivity contribution >= 4 is 50.6 Å². The molecule has 4 aromatic rings. The Kier molecular flexibility index (Phi) is 12.3. The third-order valence-corrected chi connectivity index (χ3v) is 7.08. The molecule has 4 rings (SSSR count). The van der Waals surface area contributed by atoms with E-state index in [0.29, 0.717) is 16.0 Å². The number of nitrogens with one attached hydrogen (secondary N) is 1. The summed E-state index contributed by atoms with van der Waals surface area (Å²) in [6.45, 7) is -0.222. The summed E-state index contributed by atoms with van der Waals surface area (Å²) in [5, 5.41) is 17.0. The molecule has 2 aromatic heterocycles. The maximum absolute atomic E-state index is 12.8. The number of sulfonamides is 1. The number of benzene rings is 2. The number of carboxylic acid groups (broad SMARTS) is 1. The van der Waals surface area contributed by atoms with Gasteiger partial charge in [0.05, 0.1) is 53.7 Å². The predicted octanol–water partition coefficient (Wildman–Crippen LogP) is 4.77. The minimum atomic E-state index is -3.65. The van der Waals surface area contributed by atoms with E-state index in [-0.39, 0.29) is 60.9 Å². The molecule has 0 aliphatic carbocycles. The van der Waals surface area contributed by atoms with Crippen LogP contribution in [0.2, 0.25) is 10.0 Å². The lowest BCUT2D eigenvalue weighted by Gasteiger charge is -2.12. The minimum Gasteiger partial charge on any atom is -0.481 e. The van der Waals surface area contributed by atoms with Gasteiger partial charge in [0.2, 0.25) is 21.8 Å². The van der Waals surface area contributed by atoms with Gasteiger partial charge in [-0.15, -0.1) is 5.10 Å². The van der Waals surface area contributed by atoms with Crippen molar-refractivity contribution < 1.29 is 46.1 Å². The molecule has 2 aromatic carbocycles. The van der Waals surface area contributed by atoms with Gasteiger partial charge in [-0.1, -0.05) is 40.5 Å². The molecular weight excluding hydrogens is 707 g/mol. The summed E-state index contributed by atoms with van der Waals surface area (Å²) in [6.07, 6.45) is 0.902. The van der Waals surface area contributed by atoms with Gasteiger partial charge in [-0.25, -0.2) is 22.6 Å². The number of oxime groups is 1. The molecule has 0 spiro atoms.